The molecule has 0 spiro atoms. The summed E-state index contributed by atoms with van der Waals surface area (Å²) in [5.41, 5.74) is 7.66. The van der Waals surface area contributed by atoms with Crippen LogP contribution >= 0.6 is 23.2 Å². The summed E-state index contributed by atoms with van der Waals surface area (Å²) < 4.78 is 0. The summed E-state index contributed by atoms with van der Waals surface area (Å²) in [5, 5.41) is 1.06. The maximum absolute atomic E-state index is 6.00. The SMILES string of the molecule is NCC(c1ccc(Cl)c(Cl)c1)c1ccncn1. The maximum atomic E-state index is 6.00. The predicted molar refractivity (Wildman–Crippen MR) is 69.4 cm³/mol. The molecular formula is C12H11Cl2N3. The molecule has 2 rings (SSSR count). The molecule has 17 heavy (non-hydrogen) atoms. The summed E-state index contributed by atoms with van der Waals surface area (Å²) in [7, 11) is 0. The highest BCUT2D eigenvalue weighted by atomic mass is 35.5. The van der Waals surface area contributed by atoms with Crippen LogP contribution in [0.4, 0.5) is 0 Å². The Balaban J connectivity index is 2.39. The minimum atomic E-state index is 0.00719. The van der Waals surface area contributed by atoms with E-state index in [1.54, 1.807) is 12.3 Å². The number of halogens is 2. The molecule has 0 fully saturated rings. The van der Waals surface area contributed by atoms with Crippen LogP contribution in [0.2, 0.25) is 10.0 Å². The molecule has 0 aliphatic heterocycles. The Labute approximate surface area is 110 Å². The first-order chi connectivity index (χ1) is 8.22. The van der Waals surface area contributed by atoms with Crippen LogP contribution < -0.4 is 5.73 Å². The van der Waals surface area contributed by atoms with Crippen LogP contribution in [0, 0.1) is 0 Å². The van der Waals surface area contributed by atoms with Crippen LogP contribution in [0.5, 0.6) is 0 Å². The quantitative estimate of drug-likeness (QED) is 0.931. The molecule has 1 heterocycles. The highest BCUT2D eigenvalue weighted by molar-refractivity contribution is 6.42. The number of aromatic nitrogens is 2. The molecule has 2 N–H and O–H groups in total. The summed E-state index contributed by atoms with van der Waals surface area (Å²) in [6, 6.07) is 7.35. The van der Waals surface area contributed by atoms with Crippen molar-refractivity contribution in [2.24, 2.45) is 5.73 Å². The van der Waals surface area contributed by atoms with Gasteiger partial charge in [-0.2, -0.15) is 0 Å². The van der Waals surface area contributed by atoms with Crippen LogP contribution in [0.15, 0.2) is 36.8 Å². The minimum Gasteiger partial charge on any atom is -0.329 e. The fourth-order valence-electron chi connectivity index (χ4n) is 1.66. The van der Waals surface area contributed by atoms with Crippen molar-refractivity contribution >= 4 is 23.2 Å². The maximum Gasteiger partial charge on any atom is 0.115 e. The van der Waals surface area contributed by atoms with E-state index in [4.69, 9.17) is 28.9 Å². The molecule has 0 saturated carbocycles. The summed E-state index contributed by atoms with van der Waals surface area (Å²) in [4.78, 5) is 8.10. The monoisotopic (exact) mass is 267 g/mol. The predicted octanol–water partition coefficient (Wildman–Crippen LogP) is 2.87. The second-order valence-electron chi connectivity index (χ2n) is 3.60. The summed E-state index contributed by atoms with van der Waals surface area (Å²) in [6.45, 7) is 0.453. The highest BCUT2D eigenvalue weighted by Crippen LogP contribution is 2.28. The van der Waals surface area contributed by atoms with Crippen molar-refractivity contribution in [3.05, 3.63) is 58.1 Å². The Morgan fingerprint density at radius 3 is 2.59 bits per heavy atom. The molecule has 0 bridgehead atoms. The van der Waals surface area contributed by atoms with Gasteiger partial charge in [0.2, 0.25) is 0 Å². The zero-order valence-electron chi connectivity index (χ0n) is 8.98. The lowest BCUT2D eigenvalue weighted by atomic mass is 9.96. The first-order valence-electron chi connectivity index (χ1n) is 5.13. The van der Waals surface area contributed by atoms with Gasteiger partial charge in [-0.05, 0) is 23.8 Å². The molecule has 1 aromatic heterocycles. The number of benzene rings is 1. The van der Waals surface area contributed by atoms with Crippen LogP contribution in [0.1, 0.15) is 17.2 Å². The van der Waals surface area contributed by atoms with Gasteiger partial charge in [-0.25, -0.2) is 9.97 Å². The van der Waals surface area contributed by atoms with Gasteiger partial charge in [-0.3, -0.25) is 0 Å². The molecular weight excluding hydrogens is 257 g/mol. The number of hydrogen-bond donors (Lipinski definition) is 1. The minimum absolute atomic E-state index is 0.00719. The van der Waals surface area contributed by atoms with Crippen molar-refractivity contribution in [3.63, 3.8) is 0 Å². The average molecular weight is 268 g/mol. The third kappa shape index (κ3) is 2.75. The van der Waals surface area contributed by atoms with E-state index >= 15 is 0 Å². The zero-order valence-corrected chi connectivity index (χ0v) is 10.5. The second kappa shape index (κ2) is 5.45. The molecule has 1 unspecified atom stereocenters. The molecule has 0 saturated heterocycles. The van der Waals surface area contributed by atoms with Crippen LogP contribution in [0.3, 0.4) is 0 Å². The van der Waals surface area contributed by atoms with E-state index < -0.39 is 0 Å². The van der Waals surface area contributed by atoms with Gasteiger partial charge in [0.25, 0.3) is 0 Å². The number of hydrogen-bond acceptors (Lipinski definition) is 3. The van der Waals surface area contributed by atoms with E-state index in [1.165, 1.54) is 6.33 Å². The van der Waals surface area contributed by atoms with Crippen molar-refractivity contribution < 1.29 is 0 Å². The smallest absolute Gasteiger partial charge is 0.115 e. The Morgan fingerprint density at radius 2 is 2.00 bits per heavy atom. The Morgan fingerprint density at radius 1 is 1.18 bits per heavy atom. The molecule has 0 aliphatic rings. The molecule has 3 nitrogen and oxygen atoms in total. The third-order valence-electron chi connectivity index (χ3n) is 2.54. The van der Waals surface area contributed by atoms with Crippen molar-refractivity contribution in [1.29, 1.82) is 0 Å². The number of rotatable bonds is 3. The van der Waals surface area contributed by atoms with E-state index in [0.29, 0.717) is 16.6 Å². The average Bonchev–Trinajstić information content (AvgIpc) is 2.36. The molecule has 2 aromatic rings. The van der Waals surface area contributed by atoms with Crippen LogP contribution in [0.25, 0.3) is 0 Å². The van der Waals surface area contributed by atoms with Gasteiger partial charge in [0.15, 0.2) is 0 Å². The van der Waals surface area contributed by atoms with Crippen molar-refractivity contribution in [2.45, 2.75) is 5.92 Å². The van der Waals surface area contributed by atoms with Gasteiger partial charge in [0.05, 0.1) is 15.7 Å². The molecule has 5 heteroatoms. The number of nitrogens with two attached hydrogens (primary N) is 1. The van der Waals surface area contributed by atoms with E-state index in [0.717, 1.165) is 11.3 Å². The lowest BCUT2D eigenvalue weighted by molar-refractivity contribution is 0.781. The fraction of sp³-hybridized carbons (Fsp3) is 0.167. The van der Waals surface area contributed by atoms with E-state index in [9.17, 15) is 0 Å². The third-order valence-corrected chi connectivity index (χ3v) is 3.28. The van der Waals surface area contributed by atoms with Crippen molar-refractivity contribution in [1.82, 2.24) is 9.97 Å². The Bertz CT molecular complexity index is 502. The van der Waals surface area contributed by atoms with Gasteiger partial charge in [-0.1, -0.05) is 29.3 Å². The first-order valence-corrected chi connectivity index (χ1v) is 5.89. The van der Waals surface area contributed by atoms with Gasteiger partial charge in [0, 0.05) is 18.7 Å². The van der Waals surface area contributed by atoms with E-state index in [2.05, 4.69) is 9.97 Å². The van der Waals surface area contributed by atoms with E-state index in [1.807, 2.05) is 18.2 Å². The lowest BCUT2D eigenvalue weighted by Gasteiger charge is -2.14. The van der Waals surface area contributed by atoms with Gasteiger partial charge in [0.1, 0.15) is 6.33 Å². The van der Waals surface area contributed by atoms with E-state index in [-0.39, 0.29) is 5.92 Å². The normalized spacial score (nSPS) is 12.4. The van der Waals surface area contributed by atoms with Gasteiger partial charge < -0.3 is 5.73 Å². The summed E-state index contributed by atoms with van der Waals surface area (Å²) in [5.74, 6) is 0.00719. The molecule has 1 atom stereocenters. The van der Waals surface area contributed by atoms with Crippen molar-refractivity contribution in [2.75, 3.05) is 6.54 Å². The molecule has 0 amide bonds. The fourth-order valence-corrected chi connectivity index (χ4v) is 1.97. The molecule has 1 aromatic carbocycles. The summed E-state index contributed by atoms with van der Waals surface area (Å²) >= 11 is 11.9. The second-order valence-corrected chi connectivity index (χ2v) is 4.41. The molecule has 88 valence electrons. The first kappa shape index (κ1) is 12.3. The topological polar surface area (TPSA) is 51.8 Å². The largest absolute Gasteiger partial charge is 0.329 e. The highest BCUT2D eigenvalue weighted by Gasteiger charge is 2.14. The summed E-state index contributed by atoms with van der Waals surface area (Å²) in [6.07, 6.45) is 3.21. The van der Waals surface area contributed by atoms with Gasteiger partial charge >= 0.3 is 0 Å². The molecule has 0 aliphatic carbocycles. The Hall–Kier alpha value is -1.16. The standard InChI is InChI=1S/C12H11Cl2N3/c13-10-2-1-8(5-11(10)14)9(6-15)12-3-4-16-7-17-12/h1-5,7,9H,6,15H2. The van der Waals surface area contributed by atoms with Gasteiger partial charge in [-0.15, -0.1) is 0 Å². The van der Waals surface area contributed by atoms with Crippen LogP contribution in [-0.2, 0) is 0 Å². The van der Waals surface area contributed by atoms with Crippen LogP contribution in [-0.4, -0.2) is 16.5 Å². The van der Waals surface area contributed by atoms with Crippen molar-refractivity contribution in [3.8, 4) is 0 Å². The zero-order chi connectivity index (χ0) is 12.3. The Kier molecular flexibility index (Phi) is 3.94. The lowest BCUT2D eigenvalue weighted by Crippen LogP contribution is -2.15. The number of nitrogens with zero attached hydrogens (tertiary/aromatic N) is 2. The molecule has 0 radical (unpaired) electrons.